The minimum Gasteiger partial charge on any atom is -0.494 e. The summed E-state index contributed by atoms with van der Waals surface area (Å²) >= 11 is 0. The van der Waals surface area contributed by atoms with Crippen molar-refractivity contribution < 1.29 is 9.13 Å². The highest BCUT2D eigenvalue weighted by Gasteiger charge is 2.10. The van der Waals surface area contributed by atoms with Crippen molar-refractivity contribution in [3.63, 3.8) is 0 Å². The molecule has 0 saturated carbocycles. The first-order valence-corrected chi connectivity index (χ1v) is 4.74. The first-order valence-electron chi connectivity index (χ1n) is 4.74. The number of aryl methyl sites for hydroxylation is 1. The molecule has 0 aliphatic heterocycles. The van der Waals surface area contributed by atoms with Crippen LogP contribution in [0.1, 0.15) is 0 Å². The van der Waals surface area contributed by atoms with Crippen LogP contribution >= 0.6 is 0 Å². The number of methoxy groups -OCH3 is 1. The number of aromatic nitrogens is 2. The van der Waals surface area contributed by atoms with Gasteiger partial charge in [0.15, 0.2) is 5.82 Å². The largest absolute Gasteiger partial charge is 0.494 e. The standard InChI is InChI=1S/C11H12FN3O/c1-15-6-8(5-14-15)7-3-9(12)11(13)10(4-7)16-2/h3-6H,13H2,1-2H3. The van der Waals surface area contributed by atoms with Gasteiger partial charge >= 0.3 is 0 Å². The summed E-state index contributed by atoms with van der Waals surface area (Å²) in [5.74, 6) is -0.156. The lowest BCUT2D eigenvalue weighted by atomic mass is 10.1. The van der Waals surface area contributed by atoms with E-state index in [9.17, 15) is 4.39 Å². The van der Waals surface area contributed by atoms with Crippen LogP contribution in [0.15, 0.2) is 24.5 Å². The van der Waals surface area contributed by atoms with Crippen molar-refractivity contribution in [3.05, 3.63) is 30.3 Å². The van der Waals surface area contributed by atoms with E-state index in [1.165, 1.54) is 13.2 Å². The van der Waals surface area contributed by atoms with Gasteiger partial charge < -0.3 is 10.5 Å². The number of halogens is 1. The van der Waals surface area contributed by atoms with Crippen molar-refractivity contribution in [2.24, 2.45) is 7.05 Å². The molecule has 1 heterocycles. The van der Waals surface area contributed by atoms with E-state index >= 15 is 0 Å². The van der Waals surface area contributed by atoms with Gasteiger partial charge in [0.2, 0.25) is 0 Å². The Morgan fingerprint density at radius 3 is 2.69 bits per heavy atom. The second-order valence-electron chi connectivity index (χ2n) is 3.48. The summed E-state index contributed by atoms with van der Waals surface area (Å²) in [6.07, 6.45) is 3.45. The SMILES string of the molecule is COc1cc(-c2cnn(C)c2)cc(F)c1N. The number of nitrogens with two attached hydrogens (primary N) is 1. The van der Waals surface area contributed by atoms with E-state index in [0.717, 1.165) is 5.56 Å². The molecule has 0 saturated heterocycles. The fraction of sp³-hybridized carbons (Fsp3) is 0.182. The molecule has 0 fully saturated rings. The van der Waals surface area contributed by atoms with Crippen LogP contribution in [-0.2, 0) is 7.05 Å². The van der Waals surface area contributed by atoms with Crippen LogP contribution in [0.25, 0.3) is 11.1 Å². The molecule has 5 heteroatoms. The lowest BCUT2D eigenvalue weighted by Gasteiger charge is -2.07. The van der Waals surface area contributed by atoms with E-state index < -0.39 is 5.82 Å². The van der Waals surface area contributed by atoms with Crippen molar-refractivity contribution in [2.75, 3.05) is 12.8 Å². The van der Waals surface area contributed by atoms with Gasteiger partial charge in [-0.05, 0) is 17.7 Å². The molecule has 0 radical (unpaired) electrons. The predicted molar refractivity (Wildman–Crippen MR) is 59.6 cm³/mol. The summed E-state index contributed by atoms with van der Waals surface area (Å²) in [6.45, 7) is 0. The molecule has 0 bridgehead atoms. The van der Waals surface area contributed by atoms with Crippen molar-refractivity contribution in [1.29, 1.82) is 0 Å². The zero-order chi connectivity index (χ0) is 11.7. The smallest absolute Gasteiger partial charge is 0.150 e. The molecule has 0 spiro atoms. The van der Waals surface area contributed by atoms with Crippen molar-refractivity contribution >= 4 is 5.69 Å². The number of nitrogens with zero attached hydrogens (tertiary/aromatic N) is 2. The number of rotatable bonds is 2. The highest BCUT2D eigenvalue weighted by atomic mass is 19.1. The normalized spacial score (nSPS) is 10.4. The molecule has 4 nitrogen and oxygen atoms in total. The molecule has 16 heavy (non-hydrogen) atoms. The lowest BCUT2D eigenvalue weighted by molar-refractivity contribution is 0.414. The Kier molecular flexibility index (Phi) is 2.52. The molecule has 0 atom stereocenters. The molecule has 1 aromatic heterocycles. The van der Waals surface area contributed by atoms with Gasteiger partial charge in [-0.2, -0.15) is 5.10 Å². The van der Waals surface area contributed by atoms with E-state index in [4.69, 9.17) is 10.5 Å². The van der Waals surface area contributed by atoms with Crippen LogP contribution in [0.4, 0.5) is 10.1 Å². The number of hydrogen-bond acceptors (Lipinski definition) is 3. The summed E-state index contributed by atoms with van der Waals surface area (Å²) in [5, 5.41) is 4.02. The number of nitrogen functional groups attached to an aromatic ring is 1. The van der Waals surface area contributed by atoms with Gasteiger partial charge in [0, 0.05) is 18.8 Å². The summed E-state index contributed by atoms with van der Waals surface area (Å²) in [6, 6.07) is 3.06. The third-order valence-electron chi connectivity index (χ3n) is 2.35. The van der Waals surface area contributed by atoms with Crippen LogP contribution in [-0.4, -0.2) is 16.9 Å². The maximum atomic E-state index is 13.5. The monoisotopic (exact) mass is 221 g/mol. The quantitative estimate of drug-likeness (QED) is 0.787. The van der Waals surface area contributed by atoms with Gasteiger partial charge in [-0.15, -0.1) is 0 Å². The fourth-order valence-electron chi connectivity index (χ4n) is 1.50. The Balaban J connectivity index is 2.54. The molecule has 2 aromatic rings. The fourth-order valence-corrected chi connectivity index (χ4v) is 1.50. The van der Waals surface area contributed by atoms with Crippen molar-refractivity contribution in [1.82, 2.24) is 9.78 Å². The summed E-state index contributed by atoms with van der Waals surface area (Å²) in [4.78, 5) is 0. The van der Waals surface area contributed by atoms with Gasteiger partial charge in [0.25, 0.3) is 0 Å². The average molecular weight is 221 g/mol. The van der Waals surface area contributed by atoms with Crippen molar-refractivity contribution in [2.45, 2.75) is 0 Å². The Labute approximate surface area is 92.4 Å². The van der Waals surface area contributed by atoms with Gasteiger partial charge in [0.05, 0.1) is 13.3 Å². The Morgan fingerprint density at radius 1 is 1.38 bits per heavy atom. The molecule has 2 N–H and O–H groups in total. The van der Waals surface area contributed by atoms with E-state index in [1.54, 1.807) is 30.2 Å². The highest BCUT2D eigenvalue weighted by molar-refractivity contribution is 5.69. The minimum atomic E-state index is -0.488. The average Bonchev–Trinajstić information content (AvgIpc) is 2.69. The summed E-state index contributed by atoms with van der Waals surface area (Å²) in [7, 11) is 3.26. The molecule has 1 aromatic carbocycles. The van der Waals surface area contributed by atoms with Crippen LogP contribution in [0, 0.1) is 5.82 Å². The molecule has 84 valence electrons. The minimum absolute atomic E-state index is 0.0233. The van der Waals surface area contributed by atoms with Crippen LogP contribution in [0.2, 0.25) is 0 Å². The van der Waals surface area contributed by atoms with E-state index in [2.05, 4.69) is 5.10 Å². The molecule has 0 aliphatic rings. The van der Waals surface area contributed by atoms with Crippen LogP contribution < -0.4 is 10.5 Å². The Morgan fingerprint density at radius 2 is 2.12 bits per heavy atom. The maximum Gasteiger partial charge on any atom is 0.150 e. The van der Waals surface area contributed by atoms with Gasteiger partial charge in [-0.1, -0.05) is 0 Å². The lowest BCUT2D eigenvalue weighted by Crippen LogP contribution is -1.96. The third-order valence-corrected chi connectivity index (χ3v) is 2.35. The molecule has 2 rings (SSSR count). The molecule has 0 aliphatic carbocycles. The number of hydrogen-bond donors (Lipinski definition) is 1. The first-order chi connectivity index (χ1) is 7.61. The van der Waals surface area contributed by atoms with Gasteiger partial charge in [-0.3, -0.25) is 4.68 Å². The predicted octanol–water partition coefficient (Wildman–Crippen LogP) is 1.82. The number of anilines is 1. The van der Waals surface area contributed by atoms with Crippen LogP contribution in [0.5, 0.6) is 5.75 Å². The van der Waals surface area contributed by atoms with Crippen LogP contribution in [0.3, 0.4) is 0 Å². The number of benzene rings is 1. The van der Waals surface area contributed by atoms with E-state index in [-0.39, 0.29) is 5.69 Å². The topological polar surface area (TPSA) is 53.1 Å². The zero-order valence-electron chi connectivity index (χ0n) is 9.07. The van der Waals surface area contributed by atoms with Gasteiger partial charge in [-0.25, -0.2) is 4.39 Å². The second kappa shape index (κ2) is 3.84. The second-order valence-corrected chi connectivity index (χ2v) is 3.48. The first kappa shape index (κ1) is 10.5. The number of ether oxygens (including phenoxy) is 1. The van der Waals surface area contributed by atoms with E-state index in [0.29, 0.717) is 11.3 Å². The molecular formula is C11H12FN3O. The summed E-state index contributed by atoms with van der Waals surface area (Å²) in [5.41, 5.74) is 7.06. The molecular weight excluding hydrogens is 209 g/mol. The summed E-state index contributed by atoms with van der Waals surface area (Å²) < 4.78 is 20.1. The van der Waals surface area contributed by atoms with E-state index in [1.807, 2.05) is 0 Å². The molecule has 0 amide bonds. The van der Waals surface area contributed by atoms with Crippen molar-refractivity contribution in [3.8, 4) is 16.9 Å². The Bertz CT molecular complexity index is 522. The highest BCUT2D eigenvalue weighted by Crippen LogP contribution is 2.31. The maximum absolute atomic E-state index is 13.5. The third kappa shape index (κ3) is 1.71. The zero-order valence-corrected chi connectivity index (χ0v) is 9.07. The van der Waals surface area contributed by atoms with Gasteiger partial charge in [0.1, 0.15) is 11.4 Å². The molecule has 0 unspecified atom stereocenters. The Hall–Kier alpha value is -2.04.